The Morgan fingerprint density at radius 2 is 1.50 bits per heavy atom. The van der Waals surface area contributed by atoms with Gasteiger partial charge in [0.15, 0.2) is 0 Å². The Balaban J connectivity index is 1.37. The first-order chi connectivity index (χ1) is 22.1. The number of nitrogens with two attached hydrogens (primary N) is 2. The topological polar surface area (TPSA) is 165 Å². The van der Waals surface area contributed by atoms with Crippen molar-refractivity contribution in [1.29, 1.82) is 0 Å². The van der Waals surface area contributed by atoms with Gasteiger partial charge in [0.1, 0.15) is 6.04 Å². The average molecular weight is 656 g/mol. The van der Waals surface area contributed by atoms with Gasteiger partial charge in [-0.3, -0.25) is 28.7 Å². The number of carbonyl (C=O) groups is 4. The van der Waals surface area contributed by atoms with Crippen molar-refractivity contribution < 1.29 is 23.4 Å². The Kier molecular flexibility index (Phi) is 12.1. The van der Waals surface area contributed by atoms with Crippen molar-refractivity contribution in [2.75, 3.05) is 18.6 Å². The highest BCUT2D eigenvalue weighted by Gasteiger charge is 2.53. The van der Waals surface area contributed by atoms with Crippen LogP contribution in [0.4, 0.5) is 0 Å². The molecule has 0 aliphatic heterocycles. The summed E-state index contributed by atoms with van der Waals surface area (Å²) in [6.07, 6.45) is 13.6. The van der Waals surface area contributed by atoms with Crippen LogP contribution in [0.2, 0.25) is 0 Å². The van der Waals surface area contributed by atoms with Crippen LogP contribution in [0.15, 0.2) is 30.3 Å². The zero-order valence-electron chi connectivity index (χ0n) is 27.2. The summed E-state index contributed by atoms with van der Waals surface area (Å²) in [5.41, 5.74) is 13.3. The first kappa shape index (κ1) is 34.7. The molecule has 0 radical (unpaired) electrons. The van der Waals surface area contributed by atoms with Gasteiger partial charge >= 0.3 is 0 Å². The zero-order valence-corrected chi connectivity index (χ0v) is 28.1. The monoisotopic (exact) mass is 655 g/mol. The summed E-state index contributed by atoms with van der Waals surface area (Å²) in [6.45, 7) is -0.256. The maximum atomic E-state index is 14.4. The third-order valence-corrected chi connectivity index (χ3v) is 11.9. The van der Waals surface area contributed by atoms with Gasteiger partial charge in [0.2, 0.25) is 23.6 Å². The molecule has 5 aliphatic rings. The molecule has 4 amide bonds. The molecule has 6 N–H and O–H groups in total. The van der Waals surface area contributed by atoms with E-state index in [0.717, 1.165) is 56.9 Å². The molecule has 0 aromatic heterocycles. The van der Waals surface area contributed by atoms with E-state index >= 15 is 0 Å². The predicted octanol–water partition coefficient (Wildman–Crippen LogP) is 2.40. The second-order valence-corrected chi connectivity index (χ2v) is 16.1. The Bertz CT molecular complexity index is 1230. The first-order valence-corrected chi connectivity index (χ1v) is 19.1. The Labute approximate surface area is 276 Å². The molecule has 0 spiro atoms. The molecule has 10 nitrogen and oxygen atoms in total. The number of amides is 4. The van der Waals surface area contributed by atoms with Crippen molar-refractivity contribution in [3.05, 3.63) is 35.9 Å². The largest absolute Gasteiger partial charge is 0.346 e. The van der Waals surface area contributed by atoms with Gasteiger partial charge in [-0.1, -0.05) is 62.4 Å². The van der Waals surface area contributed by atoms with Gasteiger partial charge in [0.05, 0.1) is 18.6 Å². The minimum Gasteiger partial charge on any atom is -0.346 e. The van der Waals surface area contributed by atoms with Crippen molar-refractivity contribution >= 4 is 34.4 Å². The van der Waals surface area contributed by atoms with Crippen molar-refractivity contribution in [3.63, 3.8) is 0 Å². The molecule has 4 bridgehead atoms. The van der Waals surface area contributed by atoms with Crippen molar-refractivity contribution in [1.82, 2.24) is 15.5 Å². The molecule has 2 unspecified atom stereocenters. The number of hydrogen-bond donors (Lipinski definition) is 4. The van der Waals surface area contributed by atoms with Crippen LogP contribution in [0.25, 0.3) is 0 Å². The molecule has 0 saturated heterocycles. The fourth-order valence-corrected chi connectivity index (χ4v) is 9.63. The molecule has 254 valence electrons. The van der Waals surface area contributed by atoms with Crippen LogP contribution >= 0.6 is 0 Å². The van der Waals surface area contributed by atoms with Gasteiger partial charge in [-0.05, 0) is 80.1 Å². The smallest absolute Gasteiger partial charge is 0.249 e. The van der Waals surface area contributed by atoms with Crippen LogP contribution in [0, 0.1) is 29.6 Å². The second kappa shape index (κ2) is 16.0. The summed E-state index contributed by atoms with van der Waals surface area (Å²) in [7, 11) is -1.12. The van der Waals surface area contributed by atoms with E-state index in [1.165, 1.54) is 12.8 Å². The van der Waals surface area contributed by atoms with E-state index in [0.29, 0.717) is 24.2 Å². The summed E-state index contributed by atoms with van der Waals surface area (Å²) < 4.78 is 11.6. The third kappa shape index (κ3) is 8.83. The minimum absolute atomic E-state index is 0.154. The number of nitrogens with zero attached hydrogens (tertiary/aromatic N) is 1. The SMILES string of the molecule is CS(=O)CCC(N)C(=O)NC(=O)[C@H](Cc1ccccc1)N(C(=O)CNC(=O)[C@@H](N)CC1CCCCC1)C1C2CC3CC(C2)CC1C3. The van der Waals surface area contributed by atoms with Crippen LogP contribution in [0.1, 0.15) is 82.6 Å². The van der Waals surface area contributed by atoms with E-state index in [4.69, 9.17) is 11.5 Å². The highest BCUT2D eigenvalue weighted by atomic mass is 32.2. The zero-order chi connectivity index (χ0) is 32.8. The normalized spacial score (nSPS) is 28.1. The Morgan fingerprint density at radius 1 is 0.870 bits per heavy atom. The fourth-order valence-electron chi connectivity index (χ4n) is 9.05. The Morgan fingerprint density at radius 3 is 2.11 bits per heavy atom. The van der Waals surface area contributed by atoms with Crippen LogP contribution in [-0.4, -0.2) is 75.5 Å². The van der Waals surface area contributed by atoms with Gasteiger partial charge in [-0.2, -0.15) is 0 Å². The highest BCUT2D eigenvalue weighted by Crippen LogP contribution is 2.55. The lowest BCUT2D eigenvalue weighted by molar-refractivity contribution is -0.155. The van der Waals surface area contributed by atoms with Gasteiger partial charge in [0, 0.05) is 35.3 Å². The molecule has 46 heavy (non-hydrogen) atoms. The predicted molar refractivity (Wildman–Crippen MR) is 178 cm³/mol. The Hall–Kier alpha value is -2.63. The van der Waals surface area contributed by atoms with E-state index in [1.807, 2.05) is 30.3 Å². The van der Waals surface area contributed by atoms with E-state index in [1.54, 1.807) is 11.2 Å². The summed E-state index contributed by atoms with van der Waals surface area (Å²) >= 11 is 0. The number of hydrogen-bond acceptors (Lipinski definition) is 7. The van der Waals surface area contributed by atoms with Crippen LogP contribution in [0.3, 0.4) is 0 Å². The minimum atomic E-state index is -1.12. The lowest BCUT2D eigenvalue weighted by Gasteiger charge is -2.58. The van der Waals surface area contributed by atoms with Crippen LogP contribution < -0.4 is 22.1 Å². The summed E-state index contributed by atoms with van der Waals surface area (Å²) in [4.78, 5) is 56.4. The van der Waals surface area contributed by atoms with E-state index in [-0.39, 0.29) is 54.8 Å². The number of carbonyl (C=O) groups excluding carboxylic acids is 4. The summed E-state index contributed by atoms with van der Waals surface area (Å²) in [6, 6.07) is 6.68. The summed E-state index contributed by atoms with van der Waals surface area (Å²) in [5, 5.41) is 5.32. The van der Waals surface area contributed by atoms with Crippen molar-refractivity contribution in [3.8, 4) is 0 Å². The maximum absolute atomic E-state index is 14.4. The molecule has 0 heterocycles. The molecule has 1 aromatic rings. The number of rotatable bonds is 14. The third-order valence-electron chi connectivity index (χ3n) is 11.1. The van der Waals surface area contributed by atoms with Crippen LogP contribution in [-0.2, 0) is 36.4 Å². The van der Waals surface area contributed by atoms with Crippen molar-refractivity contribution in [2.24, 2.45) is 41.1 Å². The van der Waals surface area contributed by atoms with Gasteiger partial charge in [-0.25, -0.2) is 0 Å². The van der Waals surface area contributed by atoms with E-state index in [2.05, 4.69) is 10.6 Å². The highest BCUT2D eigenvalue weighted by molar-refractivity contribution is 7.84. The maximum Gasteiger partial charge on any atom is 0.249 e. The van der Waals surface area contributed by atoms with E-state index < -0.39 is 40.7 Å². The molecule has 5 aliphatic carbocycles. The standard InChI is InChI=1S/C35H53N5O5S/c1-46(45)13-12-28(36)34(43)39-35(44)30(20-23-10-6-3-7-11-23)40(32-26-15-24-14-25(17-26)18-27(32)16-24)31(41)21-38-33(42)29(37)19-22-8-4-2-5-9-22/h3,6-7,10-11,22,24-30,32H,2,4-5,8-9,12-21,36-37H2,1H3,(H,38,42)(H,39,43,44)/t24?,25?,26?,27?,28?,29-,30-,32?,46?/m0/s1. The molecule has 5 saturated carbocycles. The van der Waals surface area contributed by atoms with Gasteiger partial charge in [0.25, 0.3) is 0 Å². The summed E-state index contributed by atoms with van der Waals surface area (Å²) in [5.74, 6) is 0.620. The second-order valence-electron chi connectivity index (χ2n) is 14.5. The molecule has 1 aromatic carbocycles. The molecule has 5 fully saturated rings. The number of imide groups is 1. The molecule has 6 rings (SSSR count). The molecule has 4 atom stereocenters. The lowest BCUT2D eigenvalue weighted by atomic mass is 9.53. The van der Waals surface area contributed by atoms with E-state index in [9.17, 15) is 23.4 Å². The molecular formula is C35H53N5O5S. The fraction of sp³-hybridized carbons (Fsp3) is 0.714. The quantitative estimate of drug-likeness (QED) is 0.239. The number of benzene rings is 1. The van der Waals surface area contributed by atoms with Crippen molar-refractivity contribution in [2.45, 2.75) is 108 Å². The lowest BCUT2D eigenvalue weighted by Crippen LogP contribution is -2.65. The molecular weight excluding hydrogens is 602 g/mol. The number of nitrogens with one attached hydrogen (secondary N) is 2. The average Bonchev–Trinajstić information content (AvgIpc) is 3.03. The van der Waals surface area contributed by atoms with Gasteiger partial charge < -0.3 is 21.7 Å². The molecule has 11 heteroatoms. The van der Waals surface area contributed by atoms with Gasteiger partial charge in [-0.15, -0.1) is 0 Å². The first-order valence-electron chi connectivity index (χ1n) is 17.4. The van der Waals surface area contributed by atoms with Crippen LogP contribution in [0.5, 0.6) is 0 Å².